The predicted octanol–water partition coefficient (Wildman–Crippen LogP) is 4.42. The molecule has 0 radical (unpaired) electrons. The molecule has 0 atom stereocenters. The van der Waals surface area contributed by atoms with E-state index in [0.717, 1.165) is 45.4 Å². The molecule has 1 amide bonds. The molecule has 1 aliphatic heterocycles. The zero-order valence-electron chi connectivity index (χ0n) is 15.0. The van der Waals surface area contributed by atoms with E-state index in [0.29, 0.717) is 6.42 Å². The molecule has 0 fully saturated rings. The third kappa shape index (κ3) is 3.27. The molecule has 2 aromatic carbocycles. The van der Waals surface area contributed by atoms with Crippen LogP contribution >= 0.6 is 11.8 Å². The van der Waals surface area contributed by atoms with E-state index in [1.165, 1.54) is 5.56 Å². The van der Waals surface area contributed by atoms with Gasteiger partial charge in [-0.3, -0.25) is 4.79 Å². The SMILES string of the molecule is Cc1ccc(-n2nc3c(c2NC(=O)Cc2ccccc2)CSC3)c(C)c1. The molecular weight excluding hydrogens is 342 g/mol. The van der Waals surface area contributed by atoms with E-state index in [-0.39, 0.29) is 5.91 Å². The molecule has 4 rings (SSSR count). The fourth-order valence-corrected chi connectivity index (χ4v) is 4.35. The van der Waals surface area contributed by atoms with Crippen molar-refractivity contribution >= 4 is 23.5 Å². The van der Waals surface area contributed by atoms with Crippen molar-refractivity contribution in [3.63, 3.8) is 0 Å². The van der Waals surface area contributed by atoms with Crippen molar-refractivity contribution < 1.29 is 4.79 Å². The van der Waals surface area contributed by atoms with Crippen molar-refractivity contribution in [2.24, 2.45) is 0 Å². The Morgan fingerprint density at radius 3 is 2.73 bits per heavy atom. The molecule has 0 saturated heterocycles. The number of thioether (sulfide) groups is 1. The number of carbonyl (C=O) groups excluding carboxylic acids is 1. The molecule has 1 aromatic heterocycles. The van der Waals surface area contributed by atoms with Crippen molar-refractivity contribution in [2.45, 2.75) is 31.8 Å². The smallest absolute Gasteiger partial charge is 0.229 e. The minimum absolute atomic E-state index is 0.0122. The summed E-state index contributed by atoms with van der Waals surface area (Å²) in [6, 6.07) is 16.1. The number of aromatic nitrogens is 2. The first-order valence-electron chi connectivity index (χ1n) is 8.72. The van der Waals surface area contributed by atoms with Crippen LogP contribution in [0.1, 0.15) is 27.9 Å². The highest BCUT2D eigenvalue weighted by Gasteiger charge is 2.25. The van der Waals surface area contributed by atoms with Gasteiger partial charge in [-0.1, -0.05) is 48.0 Å². The van der Waals surface area contributed by atoms with Crippen LogP contribution < -0.4 is 5.32 Å². The van der Waals surface area contributed by atoms with Gasteiger partial charge in [-0.2, -0.15) is 16.9 Å². The number of benzene rings is 2. The molecule has 3 aromatic rings. The lowest BCUT2D eigenvalue weighted by atomic mass is 10.1. The Morgan fingerprint density at radius 1 is 1.15 bits per heavy atom. The number of anilines is 1. The van der Waals surface area contributed by atoms with E-state index < -0.39 is 0 Å². The van der Waals surface area contributed by atoms with Gasteiger partial charge in [0.05, 0.1) is 17.8 Å². The highest BCUT2D eigenvalue weighted by molar-refractivity contribution is 7.98. The second kappa shape index (κ2) is 7.00. The third-order valence-corrected chi connectivity index (χ3v) is 5.57. The van der Waals surface area contributed by atoms with Crippen molar-refractivity contribution in [1.82, 2.24) is 9.78 Å². The minimum Gasteiger partial charge on any atom is -0.310 e. The Hall–Kier alpha value is -2.53. The molecule has 1 N–H and O–H groups in total. The van der Waals surface area contributed by atoms with Crippen molar-refractivity contribution in [2.75, 3.05) is 5.32 Å². The maximum atomic E-state index is 12.6. The molecule has 0 saturated carbocycles. The minimum atomic E-state index is -0.0122. The van der Waals surface area contributed by atoms with E-state index in [1.54, 1.807) is 0 Å². The van der Waals surface area contributed by atoms with E-state index in [2.05, 4.69) is 37.4 Å². The maximum Gasteiger partial charge on any atom is 0.229 e. The summed E-state index contributed by atoms with van der Waals surface area (Å²) in [5.41, 5.74) is 6.62. The van der Waals surface area contributed by atoms with Crippen molar-refractivity contribution in [3.05, 3.63) is 76.5 Å². The predicted molar refractivity (Wildman–Crippen MR) is 107 cm³/mol. The topological polar surface area (TPSA) is 46.9 Å². The van der Waals surface area contributed by atoms with Gasteiger partial charge in [-0.25, -0.2) is 4.68 Å². The molecule has 0 spiro atoms. The lowest BCUT2D eigenvalue weighted by Gasteiger charge is -2.13. The lowest BCUT2D eigenvalue weighted by molar-refractivity contribution is -0.115. The first kappa shape index (κ1) is 16.9. The molecule has 2 heterocycles. The highest BCUT2D eigenvalue weighted by Crippen LogP contribution is 2.36. The summed E-state index contributed by atoms with van der Waals surface area (Å²) in [5, 5.41) is 7.92. The van der Waals surface area contributed by atoms with Gasteiger partial charge in [0.1, 0.15) is 5.82 Å². The van der Waals surface area contributed by atoms with Crippen LogP contribution in [0, 0.1) is 13.8 Å². The number of aryl methyl sites for hydroxylation is 2. The fraction of sp³-hybridized carbons (Fsp3) is 0.238. The maximum absolute atomic E-state index is 12.6. The number of nitrogens with one attached hydrogen (secondary N) is 1. The van der Waals surface area contributed by atoms with Gasteiger partial charge in [0.25, 0.3) is 0 Å². The second-order valence-electron chi connectivity index (χ2n) is 6.68. The summed E-state index contributed by atoms with van der Waals surface area (Å²) in [5.74, 6) is 2.59. The number of nitrogens with zero attached hydrogens (tertiary/aromatic N) is 2. The summed E-state index contributed by atoms with van der Waals surface area (Å²) in [4.78, 5) is 12.6. The Labute approximate surface area is 157 Å². The van der Waals surface area contributed by atoms with Crippen LogP contribution in [0.25, 0.3) is 5.69 Å². The van der Waals surface area contributed by atoms with Crippen LogP contribution in [0.3, 0.4) is 0 Å². The molecule has 4 nitrogen and oxygen atoms in total. The molecule has 5 heteroatoms. The molecular formula is C21H21N3OS. The highest BCUT2D eigenvalue weighted by atomic mass is 32.2. The Morgan fingerprint density at radius 2 is 1.96 bits per heavy atom. The Kier molecular flexibility index (Phi) is 4.55. The number of hydrogen-bond donors (Lipinski definition) is 1. The number of carbonyl (C=O) groups is 1. The Balaban J connectivity index is 1.68. The zero-order valence-corrected chi connectivity index (χ0v) is 15.8. The molecule has 0 unspecified atom stereocenters. The number of amides is 1. The van der Waals surface area contributed by atoms with Crippen LogP contribution in [0.4, 0.5) is 5.82 Å². The van der Waals surface area contributed by atoms with Gasteiger partial charge >= 0.3 is 0 Å². The standard InChI is InChI=1S/C21H21N3OS/c1-14-8-9-19(15(2)10-14)24-21(17-12-26-13-18(17)23-24)22-20(25)11-16-6-4-3-5-7-16/h3-10H,11-13H2,1-2H3,(H,22,25). The average molecular weight is 363 g/mol. The van der Waals surface area contributed by atoms with Crippen molar-refractivity contribution in [1.29, 1.82) is 0 Å². The van der Waals surface area contributed by atoms with Crippen LogP contribution in [0.2, 0.25) is 0 Å². The number of hydrogen-bond acceptors (Lipinski definition) is 3. The number of fused-ring (bicyclic) bond motifs is 1. The van der Waals surface area contributed by atoms with E-state index >= 15 is 0 Å². The van der Waals surface area contributed by atoms with E-state index in [9.17, 15) is 4.79 Å². The second-order valence-corrected chi connectivity index (χ2v) is 7.66. The van der Waals surface area contributed by atoms with Gasteiger partial charge in [-0.05, 0) is 31.0 Å². The molecule has 1 aliphatic rings. The molecule has 26 heavy (non-hydrogen) atoms. The molecule has 132 valence electrons. The Bertz CT molecular complexity index is 963. The largest absolute Gasteiger partial charge is 0.310 e. The van der Waals surface area contributed by atoms with Crippen LogP contribution in [0.5, 0.6) is 0 Å². The summed E-state index contributed by atoms with van der Waals surface area (Å²) < 4.78 is 1.90. The zero-order chi connectivity index (χ0) is 18.1. The normalized spacial score (nSPS) is 12.8. The van der Waals surface area contributed by atoms with Crippen LogP contribution in [-0.4, -0.2) is 15.7 Å². The van der Waals surface area contributed by atoms with Crippen molar-refractivity contribution in [3.8, 4) is 5.69 Å². The first-order chi connectivity index (χ1) is 12.6. The number of rotatable bonds is 4. The molecule has 0 bridgehead atoms. The fourth-order valence-electron chi connectivity index (χ4n) is 3.32. The van der Waals surface area contributed by atoms with Gasteiger partial charge in [0.2, 0.25) is 5.91 Å². The first-order valence-corrected chi connectivity index (χ1v) is 9.87. The summed E-state index contributed by atoms with van der Waals surface area (Å²) in [6.07, 6.45) is 0.362. The lowest BCUT2D eigenvalue weighted by Crippen LogP contribution is -2.18. The van der Waals surface area contributed by atoms with Crippen LogP contribution in [-0.2, 0) is 22.7 Å². The molecule has 0 aliphatic carbocycles. The summed E-state index contributed by atoms with van der Waals surface area (Å²) in [6.45, 7) is 4.17. The average Bonchev–Trinajstić information content (AvgIpc) is 3.19. The quantitative estimate of drug-likeness (QED) is 0.746. The van der Waals surface area contributed by atoms with Gasteiger partial charge in [0.15, 0.2) is 0 Å². The van der Waals surface area contributed by atoms with E-state index in [4.69, 9.17) is 5.10 Å². The summed E-state index contributed by atoms with van der Waals surface area (Å²) >= 11 is 1.84. The monoisotopic (exact) mass is 363 g/mol. The summed E-state index contributed by atoms with van der Waals surface area (Å²) in [7, 11) is 0. The van der Waals surface area contributed by atoms with Crippen LogP contribution in [0.15, 0.2) is 48.5 Å². The van der Waals surface area contributed by atoms with Gasteiger partial charge in [0, 0.05) is 17.1 Å². The third-order valence-electron chi connectivity index (χ3n) is 4.60. The van der Waals surface area contributed by atoms with E-state index in [1.807, 2.05) is 46.8 Å². The van der Waals surface area contributed by atoms with Gasteiger partial charge in [-0.15, -0.1) is 0 Å². The van der Waals surface area contributed by atoms with Gasteiger partial charge < -0.3 is 5.32 Å².